The Kier molecular flexibility index (Phi) is 4.70. The molecule has 0 saturated carbocycles. The van der Waals surface area contributed by atoms with Crippen LogP contribution in [0.1, 0.15) is 22.3 Å². The van der Waals surface area contributed by atoms with E-state index in [1.807, 2.05) is 25.1 Å². The van der Waals surface area contributed by atoms with Crippen molar-refractivity contribution in [2.45, 2.75) is 26.6 Å². The molecule has 0 atom stereocenters. The van der Waals surface area contributed by atoms with Crippen molar-refractivity contribution >= 4 is 22.6 Å². The van der Waals surface area contributed by atoms with Gasteiger partial charge in [-0.2, -0.15) is 0 Å². The first-order chi connectivity index (χ1) is 13.5. The third-order valence-corrected chi connectivity index (χ3v) is 4.52. The Hall–Kier alpha value is -3.39. The first-order valence-corrected chi connectivity index (χ1v) is 8.64. The number of nitrogens with zero attached hydrogens (tertiary/aromatic N) is 1. The van der Waals surface area contributed by atoms with E-state index in [0.717, 1.165) is 16.5 Å². The summed E-state index contributed by atoms with van der Waals surface area (Å²) in [7, 11) is 0. The van der Waals surface area contributed by atoms with Gasteiger partial charge < -0.3 is 18.6 Å². The third kappa shape index (κ3) is 3.54. The normalized spacial score (nSPS) is 13.0. The van der Waals surface area contributed by atoms with Gasteiger partial charge in [0.25, 0.3) is 5.69 Å². The van der Waals surface area contributed by atoms with E-state index in [1.165, 1.54) is 12.1 Å². The molecule has 0 spiro atoms. The van der Waals surface area contributed by atoms with Crippen LogP contribution >= 0.6 is 0 Å². The zero-order valence-electron chi connectivity index (χ0n) is 15.1. The molecule has 0 unspecified atom stereocenters. The van der Waals surface area contributed by atoms with Crippen LogP contribution in [0.5, 0.6) is 5.75 Å². The highest BCUT2D eigenvalue weighted by Gasteiger charge is 2.22. The minimum absolute atomic E-state index is 0.0388. The summed E-state index contributed by atoms with van der Waals surface area (Å²) < 4.78 is 21.5. The monoisotopic (exact) mass is 383 g/mol. The number of non-ortho nitro benzene ring substituents is 1. The summed E-state index contributed by atoms with van der Waals surface area (Å²) in [4.78, 5) is 23.0. The van der Waals surface area contributed by atoms with E-state index in [1.54, 1.807) is 6.26 Å². The summed E-state index contributed by atoms with van der Waals surface area (Å²) in [6.07, 6.45) is 1.58. The smallest absolute Gasteiger partial charge is 0.310 e. The van der Waals surface area contributed by atoms with Gasteiger partial charge in [0.2, 0.25) is 0 Å². The van der Waals surface area contributed by atoms with E-state index in [-0.39, 0.29) is 32.1 Å². The molecule has 0 aliphatic carbocycles. The third-order valence-electron chi connectivity index (χ3n) is 4.52. The molecule has 1 aliphatic heterocycles. The van der Waals surface area contributed by atoms with Crippen molar-refractivity contribution < 1.29 is 28.3 Å². The van der Waals surface area contributed by atoms with Gasteiger partial charge in [-0.05, 0) is 18.6 Å². The van der Waals surface area contributed by atoms with Crippen LogP contribution in [0.25, 0.3) is 11.0 Å². The van der Waals surface area contributed by atoms with Crippen molar-refractivity contribution in [1.29, 1.82) is 0 Å². The van der Waals surface area contributed by atoms with E-state index in [9.17, 15) is 14.9 Å². The Morgan fingerprint density at radius 1 is 1.25 bits per heavy atom. The molecular weight excluding hydrogens is 366 g/mol. The molecule has 2 aromatic carbocycles. The van der Waals surface area contributed by atoms with Crippen molar-refractivity contribution in [3.8, 4) is 5.75 Å². The molecule has 8 heteroatoms. The number of hydrogen-bond donors (Lipinski definition) is 0. The number of nitro benzene ring substituents is 1. The standard InChI is InChI=1S/C20H17NO7/c1-12-2-3-17-13(9-26-18(17)4-12)7-19(22)27-10-15-6-16(21(23)24)5-14-8-25-11-28-20(14)15/h2-6,9H,7-8,10-11H2,1H3. The maximum absolute atomic E-state index is 12.3. The molecule has 2 heterocycles. The van der Waals surface area contributed by atoms with Gasteiger partial charge in [0.1, 0.15) is 17.9 Å². The fourth-order valence-corrected chi connectivity index (χ4v) is 3.19. The molecule has 0 bridgehead atoms. The molecule has 0 amide bonds. The second-order valence-corrected chi connectivity index (χ2v) is 6.56. The number of fused-ring (bicyclic) bond motifs is 2. The fraction of sp³-hybridized carbons (Fsp3) is 0.250. The van der Waals surface area contributed by atoms with Crippen molar-refractivity contribution in [3.05, 3.63) is 69.0 Å². The SMILES string of the molecule is Cc1ccc2c(CC(=O)OCc3cc([N+](=O)[O-])cc4c3OCOC4)coc2c1. The van der Waals surface area contributed by atoms with E-state index < -0.39 is 10.9 Å². The Balaban J connectivity index is 1.50. The van der Waals surface area contributed by atoms with Crippen LogP contribution in [0.15, 0.2) is 41.0 Å². The first-order valence-electron chi connectivity index (χ1n) is 8.64. The van der Waals surface area contributed by atoms with Crippen LogP contribution in [0, 0.1) is 17.0 Å². The topological polar surface area (TPSA) is 101 Å². The van der Waals surface area contributed by atoms with Gasteiger partial charge in [0, 0.05) is 34.2 Å². The number of carbonyl (C=O) groups is 1. The van der Waals surface area contributed by atoms with Crippen molar-refractivity contribution in [2.75, 3.05) is 6.79 Å². The van der Waals surface area contributed by atoms with Crippen LogP contribution in [0.2, 0.25) is 0 Å². The predicted octanol–water partition coefficient (Wildman–Crippen LogP) is 3.80. The number of nitro groups is 1. The molecule has 8 nitrogen and oxygen atoms in total. The zero-order valence-corrected chi connectivity index (χ0v) is 15.1. The van der Waals surface area contributed by atoms with E-state index in [2.05, 4.69) is 0 Å². The lowest BCUT2D eigenvalue weighted by molar-refractivity contribution is -0.385. The minimum Gasteiger partial charge on any atom is -0.467 e. The van der Waals surface area contributed by atoms with Crippen LogP contribution in [0.4, 0.5) is 5.69 Å². The summed E-state index contributed by atoms with van der Waals surface area (Å²) in [6, 6.07) is 8.51. The number of rotatable bonds is 5. The van der Waals surface area contributed by atoms with Gasteiger partial charge in [-0.1, -0.05) is 12.1 Å². The van der Waals surface area contributed by atoms with Gasteiger partial charge in [-0.25, -0.2) is 0 Å². The molecule has 1 aromatic heterocycles. The quantitative estimate of drug-likeness (QED) is 0.375. The first kappa shape index (κ1) is 18.0. The molecule has 0 N–H and O–H groups in total. The maximum atomic E-state index is 12.3. The van der Waals surface area contributed by atoms with Gasteiger partial charge in [0.05, 0.1) is 24.2 Å². The number of carbonyl (C=O) groups excluding carboxylic acids is 1. The lowest BCUT2D eigenvalue weighted by Gasteiger charge is -2.20. The highest BCUT2D eigenvalue weighted by atomic mass is 16.7. The van der Waals surface area contributed by atoms with Gasteiger partial charge >= 0.3 is 5.97 Å². The number of hydrogen-bond acceptors (Lipinski definition) is 7. The maximum Gasteiger partial charge on any atom is 0.310 e. The van der Waals surface area contributed by atoms with E-state index in [0.29, 0.717) is 22.5 Å². The number of esters is 1. The summed E-state index contributed by atoms with van der Waals surface area (Å²) in [6.45, 7) is 2.09. The van der Waals surface area contributed by atoms with E-state index >= 15 is 0 Å². The Bertz CT molecular complexity index is 1070. The average Bonchev–Trinajstić information content (AvgIpc) is 3.07. The highest BCUT2D eigenvalue weighted by molar-refractivity contribution is 5.86. The Labute approximate surface area is 159 Å². The predicted molar refractivity (Wildman–Crippen MR) is 97.8 cm³/mol. The van der Waals surface area contributed by atoms with Crippen molar-refractivity contribution in [3.63, 3.8) is 0 Å². The lowest BCUT2D eigenvalue weighted by atomic mass is 10.1. The van der Waals surface area contributed by atoms with Gasteiger partial charge in [-0.15, -0.1) is 0 Å². The fourth-order valence-electron chi connectivity index (χ4n) is 3.19. The van der Waals surface area contributed by atoms with Gasteiger partial charge in [0.15, 0.2) is 6.79 Å². The average molecular weight is 383 g/mol. The molecule has 28 heavy (non-hydrogen) atoms. The molecule has 0 fully saturated rings. The summed E-state index contributed by atoms with van der Waals surface area (Å²) >= 11 is 0. The second-order valence-electron chi connectivity index (χ2n) is 6.56. The van der Waals surface area contributed by atoms with Crippen LogP contribution in [-0.4, -0.2) is 17.7 Å². The second kappa shape index (κ2) is 7.32. The summed E-state index contributed by atoms with van der Waals surface area (Å²) in [5.74, 6) is 0.00415. The zero-order chi connectivity index (χ0) is 19.7. The van der Waals surface area contributed by atoms with Gasteiger partial charge in [-0.3, -0.25) is 14.9 Å². The Morgan fingerprint density at radius 3 is 2.93 bits per heavy atom. The molecule has 144 valence electrons. The Morgan fingerprint density at radius 2 is 2.11 bits per heavy atom. The molecule has 3 aromatic rings. The minimum atomic E-state index is -0.500. The van der Waals surface area contributed by atoms with E-state index in [4.69, 9.17) is 18.6 Å². The highest BCUT2D eigenvalue weighted by Crippen LogP contribution is 2.33. The summed E-state index contributed by atoms with van der Waals surface area (Å²) in [5, 5.41) is 12.0. The molecular formula is C20H17NO7. The molecule has 1 aliphatic rings. The van der Waals surface area contributed by atoms with Crippen molar-refractivity contribution in [1.82, 2.24) is 0 Å². The van der Waals surface area contributed by atoms with Crippen molar-refractivity contribution in [2.24, 2.45) is 0 Å². The number of benzene rings is 2. The van der Waals surface area contributed by atoms with Crippen LogP contribution < -0.4 is 4.74 Å². The molecule has 0 radical (unpaired) electrons. The number of furan rings is 1. The molecule has 4 rings (SSSR count). The number of ether oxygens (including phenoxy) is 3. The lowest BCUT2D eigenvalue weighted by Crippen LogP contribution is -2.15. The van der Waals surface area contributed by atoms with Crippen LogP contribution in [0.3, 0.4) is 0 Å². The molecule has 0 saturated heterocycles. The van der Waals surface area contributed by atoms with Crippen LogP contribution in [-0.2, 0) is 33.9 Å². The largest absolute Gasteiger partial charge is 0.467 e. The number of aryl methyl sites for hydroxylation is 1. The summed E-state index contributed by atoms with van der Waals surface area (Å²) in [5.41, 5.74) is 3.40.